The number of nitrogens with zero attached hydrogens (tertiary/aromatic N) is 3. The zero-order valence-electron chi connectivity index (χ0n) is 13.0. The van der Waals surface area contributed by atoms with Crippen LogP contribution in [0.2, 0.25) is 0 Å². The van der Waals surface area contributed by atoms with Crippen molar-refractivity contribution in [1.82, 2.24) is 14.9 Å². The fourth-order valence-corrected chi connectivity index (χ4v) is 2.82. The minimum Gasteiger partial charge on any atom is -0.390 e. The summed E-state index contributed by atoms with van der Waals surface area (Å²) in [6, 6.07) is 1.98. The van der Waals surface area contributed by atoms with Crippen molar-refractivity contribution in [2.24, 2.45) is 0 Å². The molecule has 0 bridgehead atoms. The van der Waals surface area contributed by atoms with E-state index in [2.05, 4.69) is 35.8 Å². The molecule has 0 amide bonds. The zero-order valence-corrected chi connectivity index (χ0v) is 13.0. The number of aromatic nitrogens is 2. The molecule has 20 heavy (non-hydrogen) atoms. The third-order valence-electron chi connectivity index (χ3n) is 4.17. The summed E-state index contributed by atoms with van der Waals surface area (Å²) in [5.74, 6) is 1.27. The van der Waals surface area contributed by atoms with Gasteiger partial charge >= 0.3 is 0 Å². The van der Waals surface area contributed by atoms with E-state index >= 15 is 0 Å². The number of hydrogen-bond donors (Lipinski definition) is 1. The van der Waals surface area contributed by atoms with Crippen LogP contribution in [0.4, 0.5) is 0 Å². The van der Waals surface area contributed by atoms with Gasteiger partial charge in [-0.25, -0.2) is 9.97 Å². The van der Waals surface area contributed by atoms with Crippen molar-refractivity contribution >= 4 is 0 Å². The highest BCUT2D eigenvalue weighted by Crippen LogP contribution is 2.32. The Morgan fingerprint density at radius 3 is 2.70 bits per heavy atom. The van der Waals surface area contributed by atoms with Crippen LogP contribution in [0.1, 0.15) is 63.4 Å². The Bertz CT molecular complexity index is 427. The van der Waals surface area contributed by atoms with E-state index in [0.717, 1.165) is 43.9 Å². The summed E-state index contributed by atoms with van der Waals surface area (Å²) in [4.78, 5) is 11.1. The third-order valence-corrected chi connectivity index (χ3v) is 4.17. The lowest BCUT2D eigenvalue weighted by Gasteiger charge is -2.25. The number of aliphatic hydroxyl groups is 1. The van der Waals surface area contributed by atoms with Gasteiger partial charge < -0.3 is 10.0 Å². The fraction of sp³-hybridized carbons (Fsp3) is 0.750. The second-order valence-electron chi connectivity index (χ2n) is 6.48. The summed E-state index contributed by atoms with van der Waals surface area (Å²) >= 11 is 0. The Kier molecular flexibility index (Phi) is 5.11. The van der Waals surface area contributed by atoms with E-state index in [0.29, 0.717) is 5.92 Å². The molecule has 0 aliphatic heterocycles. The lowest BCUT2D eigenvalue weighted by Crippen LogP contribution is -2.31. The van der Waals surface area contributed by atoms with Crippen LogP contribution in [0.15, 0.2) is 12.3 Å². The van der Waals surface area contributed by atoms with Gasteiger partial charge in [-0.15, -0.1) is 0 Å². The quantitative estimate of drug-likeness (QED) is 0.868. The Morgan fingerprint density at radius 2 is 2.05 bits per heavy atom. The smallest absolute Gasteiger partial charge is 0.131 e. The van der Waals surface area contributed by atoms with Crippen molar-refractivity contribution in [3.8, 4) is 0 Å². The molecule has 0 radical (unpaired) electrons. The second kappa shape index (κ2) is 6.64. The van der Waals surface area contributed by atoms with E-state index in [1.807, 2.05) is 12.3 Å². The van der Waals surface area contributed by atoms with Crippen LogP contribution < -0.4 is 0 Å². The summed E-state index contributed by atoms with van der Waals surface area (Å²) in [6.07, 6.45) is 6.98. The van der Waals surface area contributed by atoms with Crippen molar-refractivity contribution < 1.29 is 5.11 Å². The van der Waals surface area contributed by atoms with Crippen LogP contribution in [0.3, 0.4) is 0 Å². The first-order valence-electron chi connectivity index (χ1n) is 7.71. The van der Waals surface area contributed by atoms with E-state index in [9.17, 15) is 5.11 Å². The van der Waals surface area contributed by atoms with Gasteiger partial charge in [0, 0.05) is 25.2 Å². The molecule has 0 atom stereocenters. The van der Waals surface area contributed by atoms with E-state index < -0.39 is 5.60 Å². The molecule has 0 saturated heterocycles. The molecule has 1 aromatic rings. The SMILES string of the molecule is CC(C)c1nccc(CN(C)CCC2(O)CCCC2)n1. The molecule has 1 N–H and O–H groups in total. The molecule has 0 spiro atoms. The lowest BCUT2D eigenvalue weighted by molar-refractivity contribution is 0.0296. The van der Waals surface area contributed by atoms with E-state index in [1.165, 1.54) is 12.8 Å². The summed E-state index contributed by atoms with van der Waals surface area (Å²) in [5, 5.41) is 10.4. The summed E-state index contributed by atoms with van der Waals surface area (Å²) in [6.45, 7) is 5.95. The molecule has 0 unspecified atom stereocenters. The lowest BCUT2D eigenvalue weighted by atomic mass is 9.98. The Balaban J connectivity index is 1.84. The van der Waals surface area contributed by atoms with Crippen LogP contribution in [0.5, 0.6) is 0 Å². The third kappa shape index (κ3) is 4.25. The van der Waals surface area contributed by atoms with Crippen LogP contribution in [0, 0.1) is 0 Å². The van der Waals surface area contributed by atoms with E-state index in [4.69, 9.17) is 0 Å². The molecule has 1 aliphatic carbocycles. The fourth-order valence-electron chi connectivity index (χ4n) is 2.82. The van der Waals surface area contributed by atoms with E-state index in [1.54, 1.807) is 0 Å². The van der Waals surface area contributed by atoms with Gasteiger partial charge in [-0.2, -0.15) is 0 Å². The van der Waals surface area contributed by atoms with Crippen LogP contribution in [-0.4, -0.2) is 39.2 Å². The first kappa shape index (κ1) is 15.4. The van der Waals surface area contributed by atoms with Gasteiger partial charge in [-0.05, 0) is 32.4 Å². The van der Waals surface area contributed by atoms with Crippen molar-refractivity contribution in [3.63, 3.8) is 0 Å². The predicted octanol–water partition coefficient (Wildman–Crippen LogP) is 2.73. The molecule has 1 aliphatic rings. The Morgan fingerprint density at radius 1 is 1.35 bits per heavy atom. The number of rotatable bonds is 6. The maximum Gasteiger partial charge on any atom is 0.131 e. The van der Waals surface area contributed by atoms with Gasteiger partial charge in [0.15, 0.2) is 0 Å². The molecule has 1 aromatic heterocycles. The van der Waals surface area contributed by atoms with E-state index in [-0.39, 0.29) is 0 Å². The maximum atomic E-state index is 10.4. The van der Waals surface area contributed by atoms with Crippen molar-refractivity contribution in [3.05, 3.63) is 23.8 Å². The minimum atomic E-state index is -0.414. The molecular weight excluding hydrogens is 250 g/mol. The Hall–Kier alpha value is -1.00. The van der Waals surface area contributed by atoms with Crippen molar-refractivity contribution in [1.29, 1.82) is 0 Å². The molecule has 1 saturated carbocycles. The highest BCUT2D eigenvalue weighted by molar-refractivity contribution is 5.04. The highest BCUT2D eigenvalue weighted by atomic mass is 16.3. The predicted molar refractivity (Wildman–Crippen MR) is 80.5 cm³/mol. The molecule has 1 fully saturated rings. The first-order chi connectivity index (χ1) is 9.48. The standard InChI is InChI=1S/C16H27N3O/c1-13(2)15-17-10-6-14(18-15)12-19(3)11-9-16(20)7-4-5-8-16/h6,10,13,20H,4-5,7-9,11-12H2,1-3H3. The first-order valence-corrected chi connectivity index (χ1v) is 7.71. The van der Waals surface area contributed by atoms with Crippen LogP contribution in [0.25, 0.3) is 0 Å². The molecule has 4 heteroatoms. The maximum absolute atomic E-state index is 10.4. The Labute approximate surface area is 122 Å². The molecule has 0 aromatic carbocycles. The van der Waals surface area contributed by atoms with Gasteiger partial charge in [0.2, 0.25) is 0 Å². The van der Waals surface area contributed by atoms with Gasteiger partial charge in [0.05, 0.1) is 11.3 Å². The van der Waals surface area contributed by atoms with Gasteiger partial charge in [0.1, 0.15) is 5.82 Å². The molecule has 4 nitrogen and oxygen atoms in total. The van der Waals surface area contributed by atoms with Gasteiger partial charge in [-0.1, -0.05) is 26.7 Å². The van der Waals surface area contributed by atoms with Gasteiger partial charge in [-0.3, -0.25) is 0 Å². The average Bonchev–Trinajstić information content (AvgIpc) is 2.84. The summed E-state index contributed by atoms with van der Waals surface area (Å²) < 4.78 is 0. The van der Waals surface area contributed by atoms with Gasteiger partial charge in [0.25, 0.3) is 0 Å². The van der Waals surface area contributed by atoms with Crippen LogP contribution >= 0.6 is 0 Å². The van der Waals surface area contributed by atoms with Crippen molar-refractivity contribution in [2.75, 3.05) is 13.6 Å². The normalized spacial score (nSPS) is 18.1. The molecule has 1 heterocycles. The number of hydrogen-bond acceptors (Lipinski definition) is 4. The van der Waals surface area contributed by atoms with Crippen molar-refractivity contribution in [2.45, 2.75) is 64.0 Å². The monoisotopic (exact) mass is 277 g/mol. The summed E-state index contributed by atoms with van der Waals surface area (Å²) in [5.41, 5.74) is 0.646. The highest BCUT2D eigenvalue weighted by Gasteiger charge is 2.30. The molecule has 2 rings (SSSR count). The minimum absolute atomic E-state index is 0.361. The molecular formula is C16H27N3O. The average molecular weight is 277 g/mol. The molecule has 112 valence electrons. The topological polar surface area (TPSA) is 49.2 Å². The zero-order chi connectivity index (χ0) is 14.6. The largest absolute Gasteiger partial charge is 0.390 e. The summed E-state index contributed by atoms with van der Waals surface area (Å²) in [7, 11) is 2.09. The van der Waals surface area contributed by atoms with Crippen LogP contribution in [-0.2, 0) is 6.54 Å². The second-order valence-corrected chi connectivity index (χ2v) is 6.48.